The van der Waals surface area contributed by atoms with Crippen LogP contribution in [0.15, 0.2) is 24.5 Å². The van der Waals surface area contributed by atoms with Gasteiger partial charge in [-0.3, -0.25) is 0 Å². The van der Waals surface area contributed by atoms with Crippen molar-refractivity contribution in [3.8, 4) is 5.75 Å². The minimum atomic E-state index is -0.141. The Kier molecular flexibility index (Phi) is 4.98. The maximum absolute atomic E-state index is 5.99. The predicted octanol–water partition coefficient (Wildman–Crippen LogP) is 2.94. The summed E-state index contributed by atoms with van der Waals surface area (Å²) >= 11 is 5.99. The average Bonchev–Trinajstić information content (AvgIpc) is 2.85. The first kappa shape index (κ1) is 14.8. The van der Waals surface area contributed by atoms with E-state index in [-0.39, 0.29) is 6.04 Å². The van der Waals surface area contributed by atoms with Crippen LogP contribution in [0.3, 0.4) is 0 Å². The maximum Gasteiger partial charge on any atom is 0.164 e. The van der Waals surface area contributed by atoms with Gasteiger partial charge in [0.15, 0.2) is 5.82 Å². The minimum Gasteiger partial charge on any atom is -0.485 e. The number of rotatable bonds is 6. The molecule has 0 radical (unpaired) electrons. The van der Waals surface area contributed by atoms with Gasteiger partial charge < -0.3 is 10.5 Å². The summed E-state index contributed by atoms with van der Waals surface area (Å²) in [5, 5.41) is 4.82. The molecule has 1 atom stereocenters. The monoisotopic (exact) mass is 294 g/mol. The molecule has 0 saturated heterocycles. The third kappa shape index (κ3) is 3.49. The van der Waals surface area contributed by atoms with Crippen molar-refractivity contribution in [1.29, 1.82) is 0 Å². The average molecular weight is 295 g/mol. The van der Waals surface area contributed by atoms with Crippen molar-refractivity contribution in [1.82, 2.24) is 14.8 Å². The number of halogens is 1. The smallest absolute Gasteiger partial charge is 0.164 e. The lowest BCUT2D eigenvalue weighted by molar-refractivity contribution is 0.282. The van der Waals surface area contributed by atoms with E-state index in [4.69, 9.17) is 22.1 Å². The lowest BCUT2D eigenvalue weighted by atomic mass is 10.1. The van der Waals surface area contributed by atoms with Gasteiger partial charge in [-0.25, -0.2) is 9.67 Å². The van der Waals surface area contributed by atoms with Gasteiger partial charge in [0.2, 0.25) is 0 Å². The van der Waals surface area contributed by atoms with Crippen molar-refractivity contribution >= 4 is 11.6 Å². The van der Waals surface area contributed by atoms with Gasteiger partial charge in [-0.05, 0) is 31.5 Å². The SMILES string of the molecule is CCCn1ncnc1COc1ccc(Cl)cc1[C@@H](C)N. The third-order valence-electron chi connectivity index (χ3n) is 2.95. The quantitative estimate of drug-likeness (QED) is 0.889. The van der Waals surface area contributed by atoms with Crippen LogP contribution in [0.4, 0.5) is 0 Å². The number of nitrogens with two attached hydrogens (primary N) is 1. The van der Waals surface area contributed by atoms with Crippen LogP contribution in [0.2, 0.25) is 5.02 Å². The number of hydrogen-bond donors (Lipinski definition) is 1. The molecule has 2 N–H and O–H groups in total. The fourth-order valence-corrected chi connectivity index (χ4v) is 2.13. The number of aryl methyl sites for hydroxylation is 1. The molecule has 108 valence electrons. The van der Waals surface area contributed by atoms with Gasteiger partial charge in [-0.1, -0.05) is 18.5 Å². The van der Waals surface area contributed by atoms with Gasteiger partial charge in [0.25, 0.3) is 0 Å². The van der Waals surface area contributed by atoms with E-state index in [9.17, 15) is 0 Å². The molecule has 1 aromatic heterocycles. The summed E-state index contributed by atoms with van der Waals surface area (Å²) in [5.41, 5.74) is 6.83. The van der Waals surface area contributed by atoms with Crippen LogP contribution >= 0.6 is 11.6 Å². The number of ether oxygens (including phenoxy) is 1. The Bertz CT molecular complexity index is 568. The number of aromatic nitrogens is 3. The highest BCUT2D eigenvalue weighted by molar-refractivity contribution is 6.30. The van der Waals surface area contributed by atoms with Gasteiger partial charge in [0.05, 0.1) is 0 Å². The normalized spacial score (nSPS) is 12.4. The third-order valence-corrected chi connectivity index (χ3v) is 3.19. The highest BCUT2D eigenvalue weighted by Gasteiger charge is 2.11. The first-order chi connectivity index (χ1) is 9.61. The molecule has 20 heavy (non-hydrogen) atoms. The Hall–Kier alpha value is -1.59. The maximum atomic E-state index is 5.99. The molecule has 1 aromatic carbocycles. The lowest BCUT2D eigenvalue weighted by Crippen LogP contribution is -2.11. The molecule has 0 aliphatic rings. The van der Waals surface area contributed by atoms with Crippen molar-refractivity contribution in [3.63, 3.8) is 0 Å². The van der Waals surface area contributed by atoms with Crippen LogP contribution in [0, 0.1) is 0 Å². The molecule has 5 nitrogen and oxygen atoms in total. The van der Waals surface area contributed by atoms with E-state index in [1.54, 1.807) is 12.4 Å². The van der Waals surface area contributed by atoms with E-state index < -0.39 is 0 Å². The highest BCUT2D eigenvalue weighted by Crippen LogP contribution is 2.27. The molecule has 0 bridgehead atoms. The Morgan fingerprint density at radius 2 is 2.25 bits per heavy atom. The van der Waals surface area contributed by atoms with Gasteiger partial charge in [0, 0.05) is 23.2 Å². The summed E-state index contributed by atoms with van der Waals surface area (Å²) in [4.78, 5) is 4.21. The molecular formula is C14H19ClN4O. The molecule has 2 aromatic rings. The van der Waals surface area contributed by atoms with Crippen molar-refractivity contribution in [2.45, 2.75) is 39.5 Å². The van der Waals surface area contributed by atoms with Crippen LogP contribution < -0.4 is 10.5 Å². The zero-order valence-electron chi connectivity index (χ0n) is 11.7. The Morgan fingerprint density at radius 1 is 1.45 bits per heavy atom. The Morgan fingerprint density at radius 3 is 2.95 bits per heavy atom. The summed E-state index contributed by atoms with van der Waals surface area (Å²) in [6.45, 7) is 5.19. The van der Waals surface area contributed by atoms with Gasteiger partial charge in [0.1, 0.15) is 18.7 Å². The van der Waals surface area contributed by atoms with E-state index in [0.717, 1.165) is 30.1 Å². The number of nitrogens with zero attached hydrogens (tertiary/aromatic N) is 3. The fourth-order valence-electron chi connectivity index (χ4n) is 1.95. The molecule has 1 heterocycles. The molecule has 0 unspecified atom stereocenters. The van der Waals surface area contributed by atoms with Crippen LogP contribution in [0.1, 0.15) is 37.7 Å². The molecule has 6 heteroatoms. The molecular weight excluding hydrogens is 276 g/mol. The van der Waals surface area contributed by atoms with Crippen molar-refractivity contribution in [2.75, 3.05) is 0 Å². The zero-order valence-corrected chi connectivity index (χ0v) is 12.5. The van der Waals surface area contributed by atoms with Crippen LogP contribution in [0.25, 0.3) is 0 Å². The topological polar surface area (TPSA) is 66.0 Å². The summed E-state index contributed by atoms with van der Waals surface area (Å²) in [5.74, 6) is 1.54. The van der Waals surface area contributed by atoms with E-state index in [1.807, 2.05) is 23.7 Å². The molecule has 0 amide bonds. The Balaban J connectivity index is 2.12. The van der Waals surface area contributed by atoms with Crippen molar-refractivity contribution in [2.24, 2.45) is 5.73 Å². The van der Waals surface area contributed by atoms with E-state index in [2.05, 4.69) is 17.0 Å². The molecule has 0 aliphatic carbocycles. The first-order valence-electron chi connectivity index (χ1n) is 6.66. The van der Waals surface area contributed by atoms with E-state index >= 15 is 0 Å². The summed E-state index contributed by atoms with van der Waals surface area (Å²) in [6, 6.07) is 5.32. The largest absolute Gasteiger partial charge is 0.485 e. The summed E-state index contributed by atoms with van der Waals surface area (Å²) in [6.07, 6.45) is 2.55. The predicted molar refractivity (Wildman–Crippen MR) is 78.7 cm³/mol. The second-order valence-corrected chi connectivity index (χ2v) is 5.10. The van der Waals surface area contributed by atoms with E-state index in [0.29, 0.717) is 11.6 Å². The second kappa shape index (κ2) is 6.72. The summed E-state index contributed by atoms with van der Waals surface area (Å²) in [7, 11) is 0. The standard InChI is InChI=1S/C14H19ClN4O/c1-3-6-19-14(17-9-18-19)8-20-13-5-4-11(15)7-12(13)10(2)16/h4-5,7,9-10H,3,6,8,16H2,1-2H3/t10-/m1/s1. The van der Waals surface area contributed by atoms with Crippen molar-refractivity contribution in [3.05, 3.63) is 40.9 Å². The first-order valence-corrected chi connectivity index (χ1v) is 7.04. The fraction of sp³-hybridized carbons (Fsp3) is 0.429. The zero-order chi connectivity index (χ0) is 14.5. The second-order valence-electron chi connectivity index (χ2n) is 4.66. The van der Waals surface area contributed by atoms with E-state index in [1.165, 1.54) is 0 Å². The van der Waals surface area contributed by atoms with Gasteiger partial charge in [-0.15, -0.1) is 0 Å². The van der Waals surface area contributed by atoms with Crippen LogP contribution in [-0.4, -0.2) is 14.8 Å². The van der Waals surface area contributed by atoms with Gasteiger partial charge >= 0.3 is 0 Å². The van der Waals surface area contributed by atoms with Crippen LogP contribution in [-0.2, 0) is 13.2 Å². The molecule has 0 aliphatic heterocycles. The number of benzene rings is 1. The Labute approximate surface area is 123 Å². The molecule has 2 rings (SSSR count). The highest BCUT2D eigenvalue weighted by atomic mass is 35.5. The molecule has 0 saturated carbocycles. The number of hydrogen-bond acceptors (Lipinski definition) is 4. The minimum absolute atomic E-state index is 0.141. The lowest BCUT2D eigenvalue weighted by Gasteiger charge is -2.14. The molecule has 0 spiro atoms. The van der Waals surface area contributed by atoms with Gasteiger partial charge in [-0.2, -0.15) is 5.10 Å². The summed E-state index contributed by atoms with van der Waals surface area (Å²) < 4.78 is 7.67. The van der Waals surface area contributed by atoms with Crippen molar-refractivity contribution < 1.29 is 4.74 Å². The molecule has 0 fully saturated rings. The van der Waals surface area contributed by atoms with Crippen LogP contribution in [0.5, 0.6) is 5.75 Å².